The molecule has 25 heavy (non-hydrogen) atoms. The van der Waals surface area contributed by atoms with Crippen molar-refractivity contribution in [3.8, 4) is 11.3 Å². The zero-order valence-corrected chi connectivity index (χ0v) is 15.2. The van der Waals surface area contributed by atoms with Gasteiger partial charge in [-0.2, -0.15) is 0 Å². The van der Waals surface area contributed by atoms with Crippen molar-refractivity contribution in [1.82, 2.24) is 10.2 Å². The topological polar surface area (TPSA) is 42.9 Å². The Kier molecular flexibility index (Phi) is 5.61. The lowest BCUT2D eigenvalue weighted by Gasteiger charge is -2.04. The monoisotopic (exact) mass is 348 g/mol. The third-order valence-electron chi connectivity index (χ3n) is 4.02. The Morgan fingerprint density at radius 1 is 0.920 bits per heavy atom. The molecular weight excluding hydrogens is 328 g/mol. The Bertz CT molecular complexity index is 841. The van der Waals surface area contributed by atoms with Gasteiger partial charge in [0.2, 0.25) is 0 Å². The predicted molar refractivity (Wildman–Crippen MR) is 103 cm³/mol. The highest BCUT2D eigenvalue weighted by atomic mass is 32.2. The first kappa shape index (κ1) is 17.4. The van der Waals surface area contributed by atoms with E-state index in [9.17, 15) is 4.79 Å². The molecule has 1 heterocycles. The van der Waals surface area contributed by atoms with E-state index in [0.29, 0.717) is 5.75 Å². The highest BCUT2D eigenvalue weighted by Crippen LogP contribution is 2.21. The van der Waals surface area contributed by atoms with Crippen molar-refractivity contribution in [3.05, 3.63) is 77.4 Å². The minimum atomic E-state index is 0.103. The fourth-order valence-corrected chi connectivity index (χ4v) is 3.13. The number of carbonyl (C=O) groups excluding carboxylic acids is 1. The number of thioether (sulfide) groups is 1. The lowest BCUT2D eigenvalue weighted by Crippen LogP contribution is -2.02. The van der Waals surface area contributed by atoms with Crippen LogP contribution >= 0.6 is 11.8 Å². The number of hydrogen-bond acceptors (Lipinski definition) is 4. The van der Waals surface area contributed by atoms with E-state index in [-0.39, 0.29) is 5.78 Å². The maximum Gasteiger partial charge on any atom is 0.173 e. The molecule has 0 radical (unpaired) electrons. The van der Waals surface area contributed by atoms with Gasteiger partial charge in [0, 0.05) is 11.1 Å². The number of nitrogens with zero attached hydrogens (tertiary/aromatic N) is 2. The average molecular weight is 348 g/mol. The summed E-state index contributed by atoms with van der Waals surface area (Å²) >= 11 is 1.41. The number of carbonyl (C=O) groups is 1. The summed E-state index contributed by atoms with van der Waals surface area (Å²) in [7, 11) is 0. The molecule has 3 nitrogen and oxygen atoms in total. The minimum Gasteiger partial charge on any atom is -0.293 e. The molecule has 126 valence electrons. The number of aromatic nitrogens is 2. The van der Waals surface area contributed by atoms with Gasteiger partial charge in [-0.25, -0.2) is 0 Å². The van der Waals surface area contributed by atoms with Gasteiger partial charge in [-0.3, -0.25) is 4.79 Å². The molecule has 3 aromatic rings. The van der Waals surface area contributed by atoms with Crippen LogP contribution in [-0.4, -0.2) is 21.7 Å². The SMILES string of the molecule is CCc1ccc(-c2ccc(SCC(=O)c3ccc(C)cc3)nn2)cc1. The molecule has 3 rings (SSSR count). The van der Waals surface area contributed by atoms with Crippen molar-refractivity contribution < 1.29 is 4.79 Å². The number of rotatable bonds is 6. The van der Waals surface area contributed by atoms with Crippen LogP contribution in [0.1, 0.15) is 28.4 Å². The van der Waals surface area contributed by atoms with Crippen molar-refractivity contribution in [1.29, 1.82) is 0 Å². The number of ketones is 1. The van der Waals surface area contributed by atoms with Crippen molar-refractivity contribution >= 4 is 17.5 Å². The van der Waals surface area contributed by atoms with Crippen LogP contribution in [0.25, 0.3) is 11.3 Å². The smallest absolute Gasteiger partial charge is 0.173 e. The summed E-state index contributed by atoms with van der Waals surface area (Å²) in [6.45, 7) is 4.15. The minimum absolute atomic E-state index is 0.103. The maximum atomic E-state index is 12.2. The van der Waals surface area contributed by atoms with Crippen molar-refractivity contribution in [2.24, 2.45) is 0 Å². The Hall–Kier alpha value is -2.46. The summed E-state index contributed by atoms with van der Waals surface area (Å²) in [5.74, 6) is 0.466. The van der Waals surface area contributed by atoms with Crippen LogP contribution in [0.5, 0.6) is 0 Å². The van der Waals surface area contributed by atoms with Crippen LogP contribution in [0, 0.1) is 6.92 Å². The molecule has 0 fully saturated rings. The first-order chi connectivity index (χ1) is 12.2. The summed E-state index contributed by atoms with van der Waals surface area (Å²) in [6.07, 6.45) is 1.02. The first-order valence-electron chi connectivity index (χ1n) is 8.31. The largest absolute Gasteiger partial charge is 0.293 e. The Balaban J connectivity index is 1.62. The molecule has 0 aliphatic heterocycles. The normalized spacial score (nSPS) is 10.6. The van der Waals surface area contributed by atoms with Gasteiger partial charge in [0.25, 0.3) is 0 Å². The second kappa shape index (κ2) is 8.08. The van der Waals surface area contributed by atoms with Gasteiger partial charge >= 0.3 is 0 Å². The molecule has 0 bridgehead atoms. The predicted octanol–water partition coefficient (Wildman–Crippen LogP) is 4.99. The standard InChI is InChI=1S/C21H20N2OS/c1-3-16-6-10-17(11-7-16)19-12-13-21(23-22-19)25-14-20(24)18-8-4-15(2)5-9-18/h4-13H,3,14H2,1-2H3. The highest BCUT2D eigenvalue weighted by molar-refractivity contribution is 7.99. The summed E-state index contributed by atoms with van der Waals surface area (Å²) in [5.41, 5.74) is 5.09. The zero-order chi connectivity index (χ0) is 17.6. The lowest BCUT2D eigenvalue weighted by atomic mass is 10.1. The molecule has 2 aromatic carbocycles. The first-order valence-corrected chi connectivity index (χ1v) is 9.30. The zero-order valence-electron chi connectivity index (χ0n) is 14.4. The van der Waals surface area contributed by atoms with Gasteiger partial charge in [0.15, 0.2) is 5.78 Å². The van der Waals surface area contributed by atoms with E-state index in [1.165, 1.54) is 17.3 Å². The molecule has 0 saturated heterocycles. The fraction of sp³-hybridized carbons (Fsp3) is 0.190. The van der Waals surface area contributed by atoms with E-state index in [1.54, 1.807) is 0 Å². The van der Waals surface area contributed by atoms with Gasteiger partial charge in [0.05, 0.1) is 11.4 Å². The molecule has 0 saturated carbocycles. The summed E-state index contributed by atoms with van der Waals surface area (Å²) in [5, 5.41) is 9.28. The van der Waals surface area contributed by atoms with Gasteiger partial charge in [-0.15, -0.1) is 10.2 Å². The molecule has 0 amide bonds. The maximum absolute atomic E-state index is 12.2. The molecule has 0 unspecified atom stereocenters. The third kappa shape index (κ3) is 4.54. The summed E-state index contributed by atoms with van der Waals surface area (Å²) in [6, 6.07) is 19.9. The average Bonchev–Trinajstić information content (AvgIpc) is 2.67. The molecule has 1 aromatic heterocycles. The molecule has 0 aliphatic rings. The highest BCUT2D eigenvalue weighted by Gasteiger charge is 2.08. The third-order valence-corrected chi connectivity index (χ3v) is 4.94. The quantitative estimate of drug-likeness (QED) is 0.465. The van der Waals surface area contributed by atoms with E-state index in [1.807, 2.05) is 43.3 Å². The second-order valence-corrected chi connectivity index (χ2v) is 6.88. The Morgan fingerprint density at radius 2 is 1.64 bits per heavy atom. The molecule has 0 atom stereocenters. The molecule has 4 heteroatoms. The number of benzene rings is 2. The van der Waals surface area contributed by atoms with Crippen molar-refractivity contribution in [2.75, 3.05) is 5.75 Å². The Labute approximate surface area is 152 Å². The van der Waals surface area contributed by atoms with Crippen molar-refractivity contribution in [3.63, 3.8) is 0 Å². The van der Waals surface area contributed by atoms with Gasteiger partial charge in [-0.05, 0) is 31.0 Å². The van der Waals surface area contributed by atoms with Crippen LogP contribution in [0.3, 0.4) is 0 Å². The van der Waals surface area contributed by atoms with E-state index in [2.05, 4.69) is 41.4 Å². The van der Waals surface area contributed by atoms with E-state index in [0.717, 1.165) is 33.8 Å². The molecular formula is C21H20N2OS. The van der Waals surface area contributed by atoms with Crippen LogP contribution in [0.15, 0.2) is 65.7 Å². The van der Waals surface area contributed by atoms with E-state index < -0.39 is 0 Å². The van der Waals surface area contributed by atoms with Crippen molar-refractivity contribution in [2.45, 2.75) is 25.3 Å². The fourth-order valence-electron chi connectivity index (χ4n) is 2.42. The van der Waals surface area contributed by atoms with Gasteiger partial charge in [-0.1, -0.05) is 72.8 Å². The number of hydrogen-bond donors (Lipinski definition) is 0. The van der Waals surface area contributed by atoms with Crippen LogP contribution in [0.4, 0.5) is 0 Å². The van der Waals surface area contributed by atoms with Crippen LogP contribution < -0.4 is 0 Å². The number of Topliss-reactive ketones (excluding diaryl/α,β-unsaturated/α-hetero) is 1. The van der Waals surface area contributed by atoms with Gasteiger partial charge in [0.1, 0.15) is 5.03 Å². The Morgan fingerprint density at radius 3 is 2.24 bits per heavy atom. The molecule has 0 aliphatic carbocycles. The summed E-state index contributed by atoms with van der Waals surface area (Å²) < 4.78 is 0. The van der Waals surface area contributed by atoms with E-state index in [4.69, 9.17) is 0 Å². The van der Waals surface area contributed by atoms with Crippen LogP contribution in [-0.2, 0) is 6.42 Å². The van der Waals surface area contributed by atoms with Gasteiger partial charge < -0.3 is 0 Å². The molecule has 0 spiro atoms. The van der Waals surface area contributed by atoms with E-state index >= 15 is 0 Å². The lowest BCUT2D eigenvalue weighted by molar-refractivity contribution is 0.102. The number of aryl methyl sites for hydroxylation is 2. The van der Waals surface area contributed by atoms with Crippen LogP contribution in [0.2, 0.25) is 0 Å². The molecule has 0 N–H and O–H groups in total. The summed E-state index contributed by atoms with van der Waals surface area (Å²) in [4.78, 5) is 12.2. The second-order valence-electron chi connectivity index (χ2n) is 5.89.